The average molecular weight is 597 g/mol. The van der Waals surface area contributed by atoms with Gasteiger partial charge >= 0.3 is 37.4 Å². The van der Waals surface area contributed by atoms with Gasteiger partial charge in [0.25, 0.3) is 0 Å². The minimum atomic E-state index is -4.65. The molecule has 0 unspecified atom stereocenters. The third-order valence-corrected chi connectivity index (χ3v) is 7.95. The number of aryl methyl sites for hydroxylation is 8. The first-order valence-electron chi connectivity index (χ1n) is 13.7. The monoisotopic (exact) mass is 596 g/mol. The maximum absolute atomic E-state index is 12.8. The molecule has 0 amide bonds. The first-order chi connectivity index (χ1) is 19.6. The molecule has 4 rings (SSSR count). The largest absolute Gasteiger partial charge is 1.00 e. The van der Waals surface area contributed by atoms with Gasteiger partial charge in [0.1, 0.15) is 23.0 Å². The van der Waals surface area contributed by atoms with Crippen LogP contribution in [0.25, 0.3) is 0 Å². The molecule has 0 aliphatic heterocycles. The van der Waals surface area contributed by atoms with E-state index in [1.54, 1.807) is 50.6 Å². The molecule has 0 fully saturated rings. The Bertz CT molecular complexity index is 1410. The molecule has 42 heavy (non-hydrogen) atoms. The van der Waals surface area contributed by atoms with Crippen LogP contribution in [0.15, 0.2) is 72.8 Å². The molecular formula is C34H38NaO6P. The van der Waals surface area contributed by atoms with E-state index in [1.165, 1.54) is 11.1 Å². The van der Waals surface area contributed by atoms with Gasteiger partial charge in [-0.15, -0.1) is 0 Å². The fraction of sp³-hybridized carbons (Fsp3) is 0.294. The number of ether oxygens (including phenoxy) is 2. The number of rotatable bonds is 12. The molecular weight excluding hydrogens is 558 g/mol. The fourth-order valence-corrected chi connectivity index (χ4v) is 6.16. The van der Waals surface area contributed by atoms with E-state index in [1.807, 2.05) is 39.8 Å². The summed E-state index contributed by atoms with van der Waals surface area (Å²) in [4.78, 5) is 12.8. The molecule has 4 aromatic rings. The summed E-state index contributed by atoms with van der Waals surface area (Å²) >= 11 is 0. The third kappa shape index (κ3) is 9.13. The van der Waals surface area contributed by atoms with E-state index in [0.29, 0.717) is 0 Å². The first-order valence-corrected chi connectivity index (χ1v) is 15.2. The minimum absolute atomic E-state index is 0. The second-order valence-electron chi connectivity index (χ2n) is 10.5. The van der Waals surface area contributed by atoms with Crippen molar-refractivity contribution in [3.8, 4) is 23.0 Å². The van der Waals surface area contributed by atoms with Gasteiger partial charge < -0.3 is 23.4 Å². The quantitative estimate of drug-likeness (QED) is 0.178. The van der Waals surface area contributed by atoms with Crippen LogP contribution >= 0.6 is 7.82 Å². The number of methoxy groups -OCH3 is 2. The van der Waals surface area contributed by atoms with Crippen LogP contribution in [0.2, 0.25) is 0 Å². The van der Waals surface area contributed by atoms with E-state index < -0.39 is 7.82 Å². The summed E-state index contributed by atoms with van der Waals surface area (Å²) in [5.74, 6) is 2.26. The molecule has 0 radical (unpaired) electrons. The second-order valence-corrected chi connectivity index (χ2v) is 11.7. The molecule has 0 spiro atoms. The predicted molar refractivity (Wildman–Crippen MR) is 161 cm³/mol. The molecule has 8 heteroatoms. The van der Waals surface area contributed by atoms with Crippen molar-refractivity contribution in [1.82, 2.24) is 0 Å². The summed E-state index contributed by atoms with van der Waals surface area (Å²) in [6, 6.07) is 22.7. The minimum Gasteiger partial charge on any atom is -0.736 e. The van der Waals surface area contributed by atoms with Crippen LogP contribution in [-0.2, 0) is 30.2 Å². The zero-order valence-electron chi connectivity index (χ0n) is 25.7. The smallest absolute Gasteiger partial charge is 0.736 e. The maximum Gasteiger partial charge on any atom is 1.00 e. The Labute approximate surface area is 271 Å². The van der Waals surface area contributed by atoms with Crippen molar-refractivity contribution in [2.45, 2.75) is 53.4 Å². The van der Waals surface area contributed by atoms with Crippen molar-refractivity contribution in [1.29, 1.82) is 0 Å². The Hall–Kier alpha value is -2.73. The van der Waals surface area contributed by atoms with Crippen LogP contribution in [-0.4, -0.2) is 14.2 Å². The molecule has 0 saturated carbocycles. The normalized spacial score (nSPS) is 11.0. The summed E-state index contributed by atoms with van der Waals surface area (Å²) in [5.41, 5.74) is 8.72. The van der Waals surface area contributed by atoms with Gasteiger partial charge in [0.2, 0.25) is 0 Å². The molecule has 4 aromatic carbocycles. The van der Waals surface area contributed by atoms with Crippen LogP contribution in [0.3, 0.4) is 0 Å². The van der Waals surface area contributed by atoms with E-state index >= 15 is 0 Å². The van der Waals surface area contributed by atoms with Crippen LogP contribution in [0.1, 0.15) is 44.5 Å². The standard InChI is InChI=1S/C34H39O6P.Na/c1-23-17-29(18-24(2)33(23)37-5)15-13-27-9-7-11-31(21-27)39-41(35,36)40-32-12-8-10-28(22-32)14-16-30-19-25(3)34(38-6)26(4)20-30;/h7-12,17-22H,13-16H2,1-6H3,(H,35,36);/q;+1/p-1. The number of hydrogen-bond acceptors (Lipinski definition) is 6. The molecule has 0 heterocycles. The Balaban J connectivity index is 0.00000484. The van der Waals surface area contributed by atoms with Crippen molar-refractivity contribution in [3.63, 3.8) is 0 Å². The molecule has 216 valence electrons. The van der Waals surface area contributed by atoms with E-state index in [0.717, 1.165) is 70.6 Å². The van der Waals surface area contributed by atoms with Gasteiger partial charge in [-0.05, 0) is 122 Å². The summed E-state index contributed by atoms with van der Waals surface area (Å²) in [6.45, 7) is 8.14. The van der Waals surface area contributed by atoms with E-state index in [-0.39, 0.29) is 41.1 Å². The number of hydrogen-bond donors (Lipinski definition) is 0. The van der Waals surface area contributed by atoms with Crippen molar-refractivity contribution in [3.05, 3.63) is 117 Å². The van der Waals surface area contributed by atoms with E-state index in [2.05, 4.69) is 24.3 Å². The van der Waals surface area contributed by atoms with Gasteiger partial charge in [-0.3, -0.25) is 0 Å². The molecule has 0 saturated heterocycles. The van der Waals surface area contributed by atoms with Gasteiger partial charge in [0.05, 0.1) is 14.2 Å². The van der Waals surface area contributed by atoms with Crippen LogP contribution in [0.4, 0.5) is 0 Å². The zero-order chi connectivity index (χ0) is 29.6. The maximum atomic E-state index is 12.8. The Morgan fingerprint density at radius 3 is 1.24 bits per heavy atom. The molecule has 6 nitrogen and oxygen atoms in total. The molecule has 0 atom stereocenters. The predicted octanol–water partition coefficient (Wildman–Crippen LogP) is 4.44. The third-order valence-electron chi connectivity index (χ3n) is 7.08. The number of phosphoric acid groups is 1. The van der Waals surface area contributed by atoms with Crippen LogP contribution < -0.4 is 53.0 Å². The Morgan fingerprint density at radius 1 is 0.571 bits per heavy atom. The Kier molecular flexibility index (Phi) is 12.2. The second kappa shape index (κ2) is 15.1. The topological polar surface area (TPSA) is 77.1 Å². The van der Waals surface area contributed by atoms with Crippen molar-refractivity contribution >= 4 is 7.82 Å². The zero-order valence-corrected chi connectivity index (χ0v) is 28.5. The summed E-state index contributed by atoms with van der Waals surface area (Å²) in [5, 5.41) is 0. The van der Waals surface area contributed by atoms with Gasteiger partial charge in [-0.25, -0.2) is 4.57 Å². The van der Waals surface area contributed by atoms with Crippen LogP contribution in [0.5, 0.6) is 23.0 Å². The summed E-state index contributed by atoms with van der Waals surface area (Å²) < 4.78 is 34.4. The molecule has 0 aliphatic carbocycles. The van der Waals surface area contributed by atoms with Crippen molar-refractivity contribution < 1.29 is 57.5 Å². The molecule has 0 aromatic heterocycles. The van der Waals surface area contributed by atoms with Crippen molar-refractivity contribution in [2.75, 3.05) is 14.2 Å². The van der Waals surface area contributed by atoms with Gasteiger partial charge in [-0.1, -0.05) is 48.5 Å². The molecule has 0 aliphatic rings. The van der Waals surface area contributed by atoms with E-state index in [4.69, 9.17) is 18.5 Å². The summed E-state index contributed by atoms with van der Waals surface area (Å²) in [6.07, 6.45) is 3.09. The SMILES string of the molecule is COc1c(C)cc(CCc2cccc(OP(=O)([O-])Oc3cccc(CCc4cc(C)c(OC)c(C)c4)c3)c2)cc1C.[Na+]. The van der Waals surface area contributed by atoms with Gasteiger partial charge in [0, 0.05) is 0 Å². The number of benzene rings is 4. The number of phosphoric ester groups is 1. The molecule has 0 bridgehead atoms. The molecule has 0 N–H and O–H groups in total. The summed E-state index contributed by atoms with van der Waals surface area (Å²) in [7, 11) is -1.29. The van der Waals surface area contributed by atoms with Crippen LogP contribution in [0, 0.1) is 27.7 Å². The average Bonchev–Trinajstić information content (AvgIpc) is 2.90. The van der Waals surface area contributed by atoms with Crippen molar-refractivity contribution in [2.24, 2.45) is 0 Å². The Morgan fingerprint density at radius 2 is 0.905 bits per heavy atom. The van der Waals surface area contributed by atoms with Gasteiger partial charge in [0.15, 0.2) is 0 Å². The van der Waals surface area contributed by atoms with E-state index in [9.17, 15) is 9.46 Å². The first kappa shape index (κ1) is 33.8. The fourth-order valence-electron chi connectivity index (χ4n) is 5.38. The van der Waals surface area contributed by atoms with Gasteiger partial charge in [-0.2, -0.15) is 0 Å².